The highest BCUT2D eigenvalue weighted by molar-refractivity contribution is 6.29. The molecular formula is C12H8ClN5O. The fourth-order valence-electron chi connectivity index (χ4n) is 2.16. The van der Waals surface area contributed by atoms with E-state index in [0.717, 1.165) is 11.3 Å². The van der Waals surface area contributed by atoms with E-state index >= 15 is 0 Å². The summed E-state index contributed by atoms with van der Waals surface area (Å²) in [5.74, 6) is 0. The van der Waals surface area contributed by atoms with Crippen molar-refractivity contribution < 1.29 is 4.42 Å². The maximum Gasteiger partial charge on any atom is 0.300 e. The number of pyridine rings is 1. The Labute approximate surface area is 113 Å². The number of hydrogen-bond acceptors (Lipinski definition) is 6. The lowest BCUT2D eigenvalue weighted by Gasteiger charge is -2.10. The summed E-state index contributed by atoms with van der Waals surface area (Å²) in [6.45, 7) is 1.36. The van der Waals surface area contributed by atoms with Gasteiger partial charge in [-0.1, -0.05) is 11.6 Å². The number of anilines is 1. The normalized spacial score (nSPS) is 14.1. The minimum atomic E-state index is 0.405. The van der Waals surface area contributed by atoms with Crippen LogP contribution in [0.25, 0.3) is 11.2 Å². The number of hydrogen-bond donors (Lipinski definition) is 0. The Morgan fingerprint density at radius 3 is 3.05 bits per heavy atom. The van der Waals surface area contributed by atoms with Crippen molar-refractivity contribution in [2.75, 3.05) is 4.90 Å². The van der Waals surface area contributed by atoms with Crippen LogP contribution in [0.3, 0.4) is 0 Å². The molecule has 4 rings (SSSR count). The molecule has 0 fully saturated rings. The van der Waals surface area contributed by atoms with Crippen LogP contribution >= 0.6 is 11.6 Å². The molecule has 0 bridgehead atoms. The lowest BCUT2D eigenvalue weighted by molar-refractivity contribution is 0.573. The third-order valence-corrected chi connectivity index (χ3v) is 3.27. The summed E-state index contributed by atoms with van der Waals surface area (Å²) < 4.78 is 5.68. The third kappa shape index (κ3) is 1.72. The van der Waals surface area contributed by atoms with Crippen LogP contribution in [0, 0.1) is 0 Å². The first-order valence-electron chi connectivity index (χ1n) is 5.75. The SMILES string of the molecule is Clc1ccc2oc(N3Cc4cncnc4C3)nc2n1. The fourth-order valence-corrected chi connectivity index (χ4v) is 2.30. The molecule has 3 aromatic rings. The zero-order valence-electron chi connectivity index (χ0n) is 9.75. The van der Waals surface area contributed by atoms with Crippen molar-refractivity contribution in [3.05, 3.63) is 41.1 Å². The number of halogens is 1. The molecule has 1 aliphatic heterocycles. The molecule has 0 atom stereocenters. The Hall–Kier alpha value is -2.21. The number of nitrogens with zero attached hydrogens (tertiary/aromatic N) is 5. The van der Waals surface area contributed by atoms with Gasteiger partial charge in [-0.3, -0.25) is 0 Å². The fraction of sp³-hybridized carbons (Fsp3) is 0.167. The number of aromatic nitrogens is 4. The van der Waals surface area contributed by atoms with Crippen molar-refractivity contribution in [2.24, 2.45) is 0 Å². The largest absolute Gasteiger partial charge is 0.422 e. The molecular weight excluding hydrogens is 266 g/mol. The summed E-state index contributed by atoms with van der Waals surface area (Å²) in [7, 11) is 0. The van der Waals surface area contributed by atoms with Gasteiger partial charge in [0.25, 0.3) is 0 Å². The molecule has 4 heterocycles. The average Bonchev–Trinajstić information content (AvgIpc) is 3.00. The molecule has 0 N–H and O–H groups in total. The molecule has 0 saturated carbocycles. The van der Waals surface area contributed by atoms with E-state index in [2.05, 4.69) is 19.9 Å². The van der Waals surface area contributed by atoms with Gasteiger partial charge in [-0.05, 0) is 12.1 Å². The number of rotatable bonds is 1. The van der Waals surface area contributed by atoms with Gasteiger partial charge >= 0.3 is 6.01 Å². The van der Waals surface area contributed by atoms with E-state index in [0.29, 0.717) is 35.5 Å². The zero-order chi connectivity index (χ0) is 12.8. The first-order valence-corrected chi connectivity index (χ1v) is 6.13. The molecule has 0 radical (unpaired) electrons. The average molecular weight is 274 g/mol. The van der Waals surface area contributed by atoms with Crippen LogP contribution in [0.1, 0.15) is 11.3 Å². The van der Waals surface area contributed by atoms with E-state index in [1.807, 2.05) is 11.1 Å². The molecule has 0 aromatic carbocycles. The second kappa shape index (κ2) is 3.89. The Balaban J connectivity index is 1.73. The van der Waals surface area contributed by atoms with Crippen molar-refractivity contribution in [2.45, 2.75) is 13.1 Å². The van der Waals surface area contributed by atoms with Gasteiger partial charge in [0.05, 0.1) is 18.8 Å². The molecule has 6 nitrogen and oxygen atoms in total. The molecule has 7 heteroatoms. The van der Waals surface area contributed by atoms with Gasteiger partial charge in [0.15, 0.2) is 5.58 Å². The van der Waals surface area contributed by atoms with Gasteiger partial charge in [-0.2, -0.15) is 4.98 Å². The standard InChI is InChI=1S/C12H8ClN5O/c13-10-2-1-9-11(16-10)17-12(19-9)18-4-7-3-14-6-15-8(7)5-18/h1-3,6H,4-5H2. The summed E-state index contributed by atoms with van der Waals surface area (Å²) in [4.78, 5) is 18.7. The number of fused-ring (bicyclic) bond motifs is 2. The summed E-state index contributed by atoms with van der Waals surface area (Å²) in [5.41, 5.74) is 3.24. The monoisotopic (exact) mass is 273 g/mol. The molecule has 0 saturated heterocycles. The van der Waals surface area contributed by atoms with E-state index in [9.17, 15) is 0 Å². The minimum absolute atomic E-state index is 0.405. The molecule has 0 unspecified atom stereocenters. The molecule has 3 aromatic heterocycles. The third-order valence-electron chi connectivity index (χ3n) is 3.06. The van der Waals surface area contributed by atoms with Gasteiger partial charge in [-0.25, -0.2) is 15.0 Å². The highest BCUT2D eigenvalue weighted by Gasteiger charge is 2.24. The quantitative estimate of drug-likeness (QED) is 0.633. The topological polar surface area (TPSA) is 67.9 Å². The Morgan fingerprint density at radius 1 is 1.21 bits per heavy atom. The maximum absolute atomic E-state index is 5.84. The van der Waals surface area contributed by atoms with Crippen molar-refractivity contribution in [3.8, 4) is 0 Å². The van der Waals surface area contributed by atoms with Gasteiger partial charge in [0.2, 0.25) is 5.65 Å². The summed E-state index contributed by atoms with van der Waals surface area (Å²) >= 11 is 5.84. The molecule has 0 amide bonds. The Morgan fingerprint density at radius 2 is 2.16 bits per heavy atom. The Kier molecular flexibility index (Phi) is 2.19. The molecule has 0 aliphatic carbocycles. The van der Waals surface area contributed by atoms with Crippen LogP contribution in [-0.4, -0.2) is 19.9 Å². The van der Waals surface area contributed by atoms with E-state index in [1.165, 1.54) is 0 Å². The summed E-state index contributed by atoms with van der Waals surface area (Å²) in [6, 6.07) is 3.98. The second-order valence-corrected chi connectivity index (χ2v) is 4.69. The van der Waals surface area contributed by atoms with Gasteiger partial charge < -0.3 is 9.32 Å². The maximum atomic E-state index is 5.84. The first kappa shape index (κ1) is 10.7. The van der Waals surface area contributed by atoms with Crippen molar-refractivity contribution in [1.82, 2.24) is 19.9 Å². The van der Waals surface area contributed by atoms with Gasteiger partial charge in [0.1, 0.15) is 11.5 Å². The molecule has 0 spiro atoms. The molecule has 94 valence electrons. The second-order valence-electron chi connectivity index (χ2n) is 4.30. The van der Waals surface area contributed by atoms with E-state index < -0.39 is 0 Å². The Bertz CT molecular complexity index is 747. The van der Waals surface area contributed by atoms with Crippen LogP contribution in [0.2, 0.25) is 5.15 Å². The van der Waals surface area contributed by atoms with Crippen molar-refractivity contribution >= 4 is 28.8 Å². The van der Waals surface area contributed by atoms with Crippen LogP contribution in [0.5, 0.6) is 0 Å². The van der Waals surface area contributed by atoms with E-state index in [4.69, 9.17) is 16.0 Å². The van der Waals surface area contributed by atoms with E-state index in [-0.39, 0.29) is 0 Å². The highest BCUT2D eigenvalue weighted by atomic mass is 35.5. The van der Waals surface area contributed by atoms with Crippen LogP contribution < -0.4 is 4.90 Å². The lowest BCUT2D eigenvalue weighted by atomic mass is 10.3. The minimum Gasteiger partial charge on any atom is -0.422 e. The number of oxazole rings is 1. The van der Waals surface area contributed by atoms with Crippen LogP contribution in [-0.2, 0) is 13.1 Å². The lowest BCUT2D eigenvalue weighted by Crippen LogP contribution is -2.14. The van der Waals surface area contributed by atoms with Gasteiger partial charge in [0, 0.05) is 11.8 Å². The molecule has 1 aliphatic rings. The zero-order valence-corrected chi connectivity index (χ0v) is 10.5. The van der Waals surface area contributed by atoms with Crippen molar-refractivity contribution in [1.29, 1.82) is 0 Å². The smallest absolute Gasteiger partial charge is 0.300 e. The van der Waals surface area contributed by atoms with Crippen molar-refractivity contribution in [3.63, 3.8) is 0 Å². The summed E-state index contributed by atoms with van der Waals surface area (Å²) in [6.07, 6.45) is 3.37. The predicted octanol–water partition coefficient (Wildman–Crippen LogP) is 2.19. The van der Waals surface area contributed by atoms with Gasteiger partial charge in [-0.15, -0.1) is 0 Å². The highest BCUT2D eigenvalue weighted by Crippen LogP contribution is 2.28. The first-order chi connectivity index (χ1) is 9.29. The predicted molar refractivity (Wildman–Crippen MR) is 68.7 cm³/mol. The molecule has 19 heavy (non-hydrogen) atoms. The van der Waals surface area contributed by atoms with Crippen LogP contribution in [0.4, 0.5) is 6.01 Å². The van der Waals surface area contributed by atoms with E-state index in [1.54, 1.807) is 18.5 Å². The summed E-state index contributed by atoms with van der Waals surface area (Å²) in [5, 5.41) is 0.405. The van der Waals surface area contributed by atoms with Crippen LogP contribution in [0.15, 0.2) is 29.1 Å².